The predicted molar refractivity (Wildman–Crippen MR) is 150 cm³/mol. The smallest absolute Gasteiger partial charge is 0.252 e. The number of ether oxygens (including phenoxy) is 1. The van der Waals surface area contributed by atoms with Crippen LogP contribution < -0.4 is 21.3 Å². The molecule has 3 rings (SSSR count). The van der Waals surface area contributed by atoms with Gasteiger partial charge in [-0.1, -0.05) is 44.0 Å². The zero-order valence-corrected chi connectivity index (χ0v) is 23.0. The van der Waals surface area contributed by atoms with Gasteiger partial charge in [0.1, 0.15) is 23.9 Å². The summed E-state index contributed by atoms with van der Waals surface area (Å²) in [6.07, 6.45) is 7.58. The Hall–Kier alpha value is -4.58. The Morgan fingerprint density at radius 1 is 1.30 bits per heavy atom. The number of halogens is 2. The summed E-state index contributed by atoms with van der Waals surface area (Å²) < 4.78 is 22.6. The highest BCUT2D eigenvalue weighted by atomic mass is 35.5. The highest BCUT2D eigenvalue weighted by Gasteiger charge is 2.24. The summed E-state index contributed by atoms with van der Waals surface area (Å²) in [5.74, 6) is -2.07. The number of tetrazole rings is 1. The zero-order chi connectivity index (χ0) is 29.4. The molecule has 1 aromatic carbocycles. The average molecular weight is 570 g/mol. The SMILES string of the molecule is C=C/C(Cl)=C\C(=C(/C)n1cnnn1)c1cc(=O)n(C(CCCC)C(=O)Nc2ccc(C(N)=O)c(F)c2)cc1OC. The Morgan fingerprint density at radius 3 is 2.62 bits per heavy atom. The lowest BCUT2D eigenvalue weighted by Gasteiger charge is -2.22. The van der Waals surface area contributed by atoms with Crippen LogP contribution in [0.4, 0.5) is 10.1 Å². The minimum Gasteiger partial charge on any atom is -0.495 e. The minimum absolute atomic E-state index is 0.108. The number of pyridine rings is 1. The van der Waals surface area contributed by atoms with Gasteiger partial charge >= 0.3 is 0 Å². The molecule has 2 heterocycles. The molecule has 0 radical (unpaired) electrons. The van der Waals surface area contributed by atoms with Gasteiger partial charge in [0.25, 0.3) is 11.5 Å². The van der Waals surface area contributed by atoms with Gasteiger partial charge in [-0.25, -0.2) is 9.07 Å². The van der Waals surface area contributed by atoms with Crippen molar-refractivity contribution in [1.82, 2.24) is 24.8 Å². The number of carbonyl (C=O) groups is 2. The topological polar surface area (TPSA) is 147 Å². The molecule has 0 aliphatic rings. The van der Waals surface area contributed by atoms with E-state index in [4.69, 9.17) is 22.1 Å². The second kappa shape index (κ2) is 13.5. The molecular weight excluding hydrogens is 541 g/mol. The lowest BCUT2D eigenvalue weighted by atomic mass is 10.0. The van der Waals surface area contributed by atoms with Crippen molar-refractivity contribution in [3.63, 3.8) is 0 Å². The predicted octanol–water partition coefficient (Wildman–Crippen LogP) is 4.15. The number of unbranched alkanes of at least 4 members (excludes halogenated alkanes) is 1. The van der Waals surface area contributed by atoms with Crippen molar-refractivity contribution in [3.05, 3.63) is 87.9 Å². The Bertz CT molecular complexity index is 1530. The number of benzene rings is 1. The van der Waals surface area contributed by atoms with Crippen molar-refractivity contribution in [2.75, 3.05) is 12.4 Å². The van der Waals surface area contributed by atoms with Gasteiger partial charge in [0.2, 0.25) is 5.91 Å². The largest absolute Gasteiger partial charge is 0.495 e. The van der Waals surface area contributed by atoms with E-state index in [-0.39, 0.29) is 17.0 Å². The number of hydrogen-bond donors (Lipinski definition) is 2. The van der Waals surface area contributed by atoms with Crippen LogP contribution in [0.15, 0.2) is 65.3 Å². The maximum atomic E-state index is 14.3. The number of anilines is 1. The van der Waals surface area contributed by atoms with Crippen molar-refractivity contribution in [2.24, 2.45) is 5.73 Å². The number of allylic oxidation sites excluding steroid dienone is 5. The van der Waals surface area contributed by atoms with Crippen molar-refractivity contribution in [2.45, 2.75) is 39.2 Å². The van der Waals surface area contributed by atoms with Gasteiger partial charge in [0, 0.05) is 27.9 Å². The summed E-state index contributed by atoms with van der Waals surface area (Å²) in [4.78, 5) is 38.2. The Kier molecular flexibility index (Phi) is 10.1. The average Bonchev–Trinajstić information content (AvgIpc) is 3.47. The number of nitrogens with two attached hydrogens (primary N) is 1. The van der Waals surface area contributed by atoms with Crippen LogP contribution in [0.1, 0.15) is 55.1 Å². The third-order valence-corrected chi connectivity index (χ3v) is 6.35. The minimum atomic E-state index is -0.949. The molecule has 11 nitrogen and oxygen atoms in total. The fraction of sp³-hybridized carbons (Fsp3) is 0.259. The van der Waals surface area contributed by atoms with Crippen molar-refractivity contribution >= 4 is 40.4 Å². The highest BCUT2D eigenvalue weighted by molar-refractivity contribution is 6.32. The summed E-state index contributed by atoms with van der Waals surface area (Å²) in [6, 6.07) is 3.92. The van der Waals surface area contributed by atoms with E-state index in [0.29, 0.717) is 34.7 Å². The lowest BCUT2D eigenvalue weighted by Crippen LogP contribution is -2.33. The van der Waals surface area contributed by atoms with Gasteiger partial charge in [-0.2, -0.15) is 0 Å². The van der Waals surface area contributed by atoms with Crippen LogP contribution in [0.5, 0.6) is 5.75 Å². The third-order valence-electron chi connectivity index (χ3n) is 6.09. The number of methoxy groups -OCH3 is 1. The number of primary amides is 1. The molecule has 0 bridgehead atoms. The van der Waals surface area contributed by atoms with Crippen LogP contribution in [0.2, 0.25) is 0 Å². The number of nitrogens with one attached hydrogen (secondary N) is 1. The van der Waals surface area contributed by atoms with Gasteiger partial charge in [-0.15, -0.1) is 5.10 Å². The van der Waals surface area contributed by atoms with E-state index in [0.717, 1.165) is 12.5 Å². The number of carbonyl (C=O) groups excluding carboxylic acids is 2. The Labute approximate surface area is 234 Å². The Balaban J connectivity index is 2.10. The second-order valence-corrected chi connectivity index (χ2v) is 9.13. The monoisotopic (exact) mass is 569 g/mol. The zero-order valence-electron chi connectivity index (χ0n) is 22.2. The molecule has 0 fully saturated rings. The molecule has 2 amide bonds. The normalized spacial score (nSPS) is 12.9. The molecule has 40 heavy (non-hydrogen) atoms. The van der Waals surface area contributed by atoms with E-state index >= 15 is 0 Å². The van der Waals surface area contributed by atoms with Crippen molar-refractivity contribution in [3.8, 4) is 5.75 Å². The standard InChI is InChI=1S/C27H29ClFN7O4/c1-5-7-8-23(27(39)32-18-9-10-19(26(30)38)22(29)12-18)35-14-24(40-4)21(13-25(35)37)20(11-17(28)6-2)16(3)36-15-31-33-34-36/h6,9-15,23H,2,5,7-8H2,1,3-4H3,(H2,30,38)(H,32,39)/b17-11+,20-16-. The number of hydrogen-bond acceptors (Lipinski definition) is 7. The van der Waals surface area contributed by atoms with Crippen molar-refractivity contribution in [1.29, 1.82) is 0 Å². The molecule has 0 saturated heterocycles. The molecule has 3 N–H and O–H groups in total. The van der Waals surface area contributed by atoms with Crippen LogP contribution in [-0.4, -0.2) is 43.7 Å². The summed E-state index contributed by atoms with van der Waals surface area (Å²) in [6.45, 7) is 7.36. The van der Waals surface area contributed by atoms with E-state index in [1.54, 1.807) is 13.0 Å². The second-order valence-electron chi connectivity index (χ2n) is 8.69. The summed E-state index contributed by atoms with van der Waals surface area (Å²) in [5.41, 5.74) is 5.88. The number of aromatic nitrogens is 5. The third kappa shape index (κ3) is 6.89. The summed E-state index contributed by atoms with van der Waals surface area (Å²) in [5, 5.41) is 14.1. The van der Waals surface area contributed by atoms with Gasteiger partial charge < -0.3 is 15.8 Å². The molecule has 3 aromatic rings. The number of rotatable bonds is 12. The first-order valence-electron chi connectivity index (χ1n) is 12.3. The summed E-state index contributed by atoms with van der Waals surface area (Å²) in [7, 11) is 1.43. The molecular formula is C27H29ClFN7O4. The summed E-state index contributed by atoms with van der Waals surface area (Å²) >= 11 is 6.26. The van der Waals surface area contributed by atoms with Crippen LogP contribution in [0.25, 0.3) is 11.3 Å². The molecule has 2 aromatic heterocycles. The molecule has 0 spiro atoms. The maximum absolute atomic E-state index is 14.3. The van der Waals surface area contributed by atoms with Gasteiger partial charge in [-0.3, -0.25) is 19.0 Å². The highest BCUT2D eigenvalue weighted by Crippen LogP contribution is 2.32. The first-order chi connectivity index (χ1) is 19.1. The fourth-order valence-corrected chi connectivity index (χ4v) is 4.08. The van der Waals surface area contributed by atoms with E-state index in [2.05, 4.69) is 27.4 Å². The fourth-order valence-electron chi connectivity index (χ4n) is 3.97. The number of nitrogens with zero attached hydrogens (tertiary/aromatic N) is 5. The molecule has 1 atom stereocenters. The van der Waals surface area contributed by atoms with Gasteiger partial charge in [0.05, 0.1) is 24.6 Å². The van der Waals surface area contributed by atoms with Gasteiger partial charge in [0.15, 0.2) is 0 Å². The van der Waals surface area contributed by atoms with E-state index in [1.165, 1.54) is 53.2 Å². The van der Waals surface area contributed by atoms with Crippen LogP contribution in [0.3, 0.4) is 0 Å². The van der Waals surface area contributed by atoms with E-state index < -0.39 is 29.2 Å². The van der Waals surface area contributed by atoms with Gasteiger partial charge in [-0.05, 0) is 48.0 Å². The first kappa shape index (κ1) is 30.0. The van der Waals surface area contributed by atoms with E-state index in [1.807, 2.05) is 6.92 Å². The first-order valence-corrected chi connectivity index (χ1v) is 12.6. The molecule has 0 aliphatic heterocycles. The van der Waals surface area contributed by atoms with E-state index in [9.17, 15) is 18.8 Å². The molecule has 210 valence electrons. The number of amides is 2. The molecule has 1 unspecified atom stereocenters. The van der Waals surface area contributed by atoms with Crippen LogP contribution >= 0.6 is 11.6 Å². The quantitative estimate of drug-likeness (QED) is 0.311. The molecule has 0 aliphatic carbocycles. The lowest BCUT2D eigenvalue weighted by molar-refractivity contribution is -0.119. The molecule has 13 heteroatoms. The van der Waals surface area contributed by atoms with Crippen molar-refractivity contribution < 1.29 is 18.7 Å². The van der Waals surface area contributed by atoms with Crippen LogP contribution in [-0.2, 0) is 4.79 Å². The van der Waals surface area contributed by atoms with Crippen LogP contribution in [0, 0.1) is 5.82 Å². The Morgan fingerprint density at radius 2 is 2.05 bits per heavy atom. The molecule has 0 saturated carbocycles. The maximum Gasteiger partial charge on any atom is 0.252 e.